The lowest BCUT2D eigenvalue weighted by Gasteiger charge is -2.30. The highest BCUT2D eigenvalue weighted by molar-refractivity contribution is 5.71. The van der Waals surface area contributed by atoms with Crippen molar-refractivity contribution in [1.82, 2.24) is 0 Å². The number of halogens is 2. The van der Waals surface area contributed by atoms with Crippen molar-refractivity contribution in [2.75, 3.05) is 7.11 Å². The molecule has 0 aromatic heterocycles. The molecule has 3 aromatic carbocycles. The predicted molar refractivity (Wildman–Crippen MR) is 137 cm³/mol. The third-order valence-corrected chi connectivity index (χ3v) is 7.32. The number of aliphatic hydroxyl groups is 1. The van der Waals surface area contributed by atoms with Crippen LogP contribution in [0.5, 0.6) is 11.5 Å². The van der Waals surface area contributed by atoms with Gasteiger partial charge >= 0.3 is 5.97 Å². The van der Waals surface area contributed by atoms with Gasteiger partial charge in [-0.05, 0) is 83.3 Å². The van der Waals surface area contributed by atoms with Crippen LogP contribution < -0.4 is 9.47 Å². The second kappa shape index (κ2) is 10.9. The average molecular weight is 511 g/mol. The van der Waals surface area contributed by atoms with E-state index in [4.69, 9.17) is 14.6 Å². The first-order chi connectivity index (χ1) is 17.6. The molecular formula is C30H32F2O5. The van der Waals surface area contributed by atoms with Crippen molar-refractivity contribution >= 4 is 5.97 Å². The van der Waals surface area contributed by atoms with Crippen LogP contribution in [-0.4, -0.2) is 23.3 Å². The zero-order valence-electron chi connectivity index (χ0n) is 21.3. The molecule has 37 heavy (non-hydrogen) atoms. The second-order valence-corrected chi connectivity index (χ2v) is 10.3. The van der Waals surface area contributed by atoms with E-state index >= 15 is 4.39 Å². The average Bonchev–Trinajstić information content (AvgIpc) is 3.22. The van der Waals surface area contributed by atoms with Crippen LogP contribution in [0.3, 0.4) is 0 Å². The minimum absolute atomic E-state index is 0.0331. The highest BCUT2D eigenvalue weighted by atomic mass is 19.1. The summed E-state index contributed by atoms with van der Waals surface area (Å²) < 4.78 is 41.5. The van der Waals surface area contributed by atoms with Crippen LogP contribution in [0.15, 0.2) is 54.6 Å². The van der Waals surface area contributed by atoms with Gasteiger partial charge in [-0.25, -0.2) is 8.78 Å². The van der Waals surface area contributed by atoms with Gasteiger partial charge in [-0.2, -0.15) is 0 Å². The van der Waals surface area contributed by atoms with Gasteiger partial charge in [0, 0.05) is 11.1 Å². The minimum Gasteiger partial charge on any atom is -0.497 e. The molecule has 0 bridgehead atoms. The van der Waals surface area contributed by atoms with Crippen molar-refractivity contribution in [3.8, 4) is 22.6 Å². The van der Waals surface area contributed by atoms with Gasteiger partial charge < -0.3 is 19.7 Å². The number of methoxy groups -OCH3 is 1. The van der Waals surface area contributed by atoms with Crippen molar-refractivity contribution in [3.05, 3.63) is 82.9 Å². The summed E-state index contributed by atoms with van der Waals surface area (Å²) >= 11 is 0. The number of ether oxygens (including phenoxy) is 2. The van der Waals surface area contributed by atoms with Gasteiger partial charge in [0.15, 0.2) is 0 Å². The number of carboxylic acids is 1. The highest BCUT2D eigenvalue weighted by Crippen LogP contribution is 2.51. The number of aliphatic hydroxyl groups excluding tert-OH is 1. The molecule has 0 unspecified atom stereocenters. The van der Waals surface area contributed by atoms with Crippen LogP contribution in [0.1, 0.15) is 68.2 Å². The summed E-state index contributed by atoms with van der Waals surface area (Å²) in [7, 11) is 1.51. The molecule has 1 fully saturated rings. The molecule has 1 aliphatic rings. The van der Waals surface area contributed by atoms with Crippen molar-refractivity contribution < 1.29 is 33.3 Å². The molecule has 5 nitrogen and oxygen atoms in total. The summed E-state index contributed by atoms with van der Waals surface area (Å²) in [4.78, 5) is 10.9. The van der Waals surface area contributed by atoms with Gasteiger partial charge in [0.1, 0.15) is 29.7 Å². The number of rotatable bonds is 9. The summed E-state index contributed by atoms with van der Waals surface area (Å²) in [5.41, 5.74) is 2.38. The standard InChI is InChI=1S/C30H32F2O5/c1-30(2)11-5-8-25(30)23-13-19(17-37-21-7-4-6-18(12-21)28(33)16-29(34)35)27(32)15-22(23)24-14-20(36-3)9-10-26(24)31/h4,6-7,9-10,12-15,25,28,33H,5,8,11,16-17H2,1-3H3,(H,34,35)/t25-,28-/m1/s1. The lowest BCUT2D eigenvalue weighted by atomic mass is 9.75. The molecule has 2 N–H and O–H groups in total. The van der Waals surface area contributed by atoms with Crippen LogP contribution in [0, 0.1) is 17.0 Å². The molecule has 2 atom stereocenters. The fourth-order valence-electron chi connectivity index (χ4n) is 5.27. The topological polar surface area (TPSA) is 76.0 Å². The molecule has 0 amide bonds. The molecule has 4 rings (SSSR count). The second-order valence-electron chi connectivity index (χ2n) is 10.3. The summed E-state index contributed by atoms with van der Waals surface area (Å²) in [5, 5.41) is 19.1. The first-order valence-corrected chi connectivity index (χ1v) is 12.4. The number of aliphatic carboxylic acids is 1. The smallest absolute Gasteiger partial charge is 0.306 e. The lowest BCUT2D eigenvalue weighted by molar-refractivity contribution is -0.139. The Morgan fingerprint density at radius 2 is 1.84 bits per heavy atom. The van der Waals surface area contributed by atoms with Crippen LogP contribution in [0.25, 0.3) is 11.1 Å². The maximum Gasteiger partial charge on any atom is 0.306 e. The van der Waals surface area contributed by atoms with Crippen LogP contribution in [0.2, 0.25) is 0 Å². The van der Waals surface area contributed by atoms with Crippen LogP contribution in [-0.2, 0) is 11.4 Å². The van der Waals surface area contributed by atoms with E-state index in [-0.39, 0.29) is 17.9 Å². The molecule has 0 saturated heterocycles. The SMILES string of the molecule is COc1ccc(F)c(-c2cc(F)c(COc3cccc([C@H](O)CC(=O)O)c3)cc2[C@H]2CCCC2(C)C)c1. The molecule has 196 valence electrons. The van der Waals surface area contributed by atoms with Crippen molar-refractivity contribution in [2.45, 2.75) is 58.2 Å². The van der Waals surface area contributed by atoms with E-state index in [2.05, 4.69) is 13.8 Å². The molecule has 0 aliphatic heterocycles. The number of hydrogen-bond donors (Lipinski definition) is 2. The van der Waals surface area contributed by atoms with Crippen LogP contribution in [0.4, 0.5) is 8.78 Å². The Morgan fingerprint density at radius 1 is 1.05 bits per heavy atom. The van der Waals surface area contributed by atoms with Crippen LogP contribution >= 0.6 is 0 Å². The van der Waals surface area contributed by atoms with E-state index in [1.54, 1.807) is 36.4 Å². The van der Waals surface area contributed by atoms with Gasteiger partial charge in [0.2, 0.25) is 0 Å². The molecule has 0 radical (unpaired) electrons. The molecule has 1 aliphatic carbocycles. The largest absolute Gasteiger partial charge is 0.497 e. The quantitative estimate of drug-likeness (QED) is 0.324. The Hall–Kier alpha value is -3.45. The third-order valence-electron chi connectivity index (χ3n) is 7.32. The predicted octanol–water partition coefficient (Wildman–Crippen LogP) is 7.02. The maximum absolute atomic E-state index is 15.4. The molecule has 3 aromatic rings. The van der Waals surface area contributed by atoms with Crippen molar-refractivity contribution in [2.24, 2.45) is 5.41 Å². The van der Waals surface area contributed by atoms with Gasteiger partial charge in [-0.3, -0.25) is 4.79 Å². The molecular weight excluding hydrogens is 478 g/mol. The lowest BCUT2D eigenvalue weighted by Crippen LogP contribution is -2.17. The number of carbonyl (C=O) groups is 1. The molecule has 0 spiro atoms. The zero-order chi connectivity index (χ0) is 26.7. The van der Waals surface area contributed by atoms with Gasteiger partial charge in [-0.15, -0.1) is 0 Å². The van der Waals surface area contributed by atoms with Crippen molar-refractivity contribution in [3.63, 3.8) is 0 Å². The number of hydrogen-bond acceptors (Lipinski definition) is 4. The first-order valence-electron chi connectivity index (χ1n) is 12.4. The summed E-state index contributed by atoms with van der Waals surface area (Å²) in [6.45, 7) is 4.29. The van der Waals surface area contributed by atoms with Crippen molar-refractivity contribution in [1.29, 1.82) is 0 Å². The number of carboxylic acid groups (broad SMARTS) is 1. The fourth-order valence-corrected chi connectivity index (χ4v) is 5.27. The van der Waals surface area contributed by atoms with E-state index in [1.807, 2.05) is 0 Å². The Balaban J connectivity index is 1.69. The Kier molecular flexibility index (Phi) is 7.83. The van der Waals surface area contributed by atoms with Gasteiger partial charge in [0.05, 0.1) is 19.6 Å². The number of benzene rings is 3. The third kappa shape index (κ3) is 5.93. The molecule has 7 heteroatoms. The van der Waals surface area contributed by atoms with E-state index < -0.39 is 30.1 Å². The Bertz CT molecular complexity index is 1290. The molecule has 0 heterocycles. The maximum atomic E-state index is 15.4. The molecule has 1 saturated carbocycles. The Labute approximate surface area is 215 Å². The Morgan fingerprint density at radius 3 is 2.51 bits per heavy atom. The zero-order valence-corrected chi connectivity index (χ0v) is 21.3. The van der Waals surface area contributed by atoms with Gasteiger partial charge in [-0.1, -0.05) is 32.4 Å². The van der Waals surface area contributed by atoms with Gasteiger partial charge in [0.25, 0.3) is 0 Å². The summed E-state index contributed by atoms with van der Waals surface area (Å²) in [6, 6.07) is 14.1. The van der Waals surface area contributed by atoms with E-state index in [9.17, 15) is 14.3 Å². The normalized spacial score (nSPS) is 17.4. The van der Waals surface area contributed by atoms with E-state index in [1.165, 1.54) is 25.3 Å². The highest BCUT2D eigenvalue weighted by Gasteiger charge is 2.37. The monoisotopic (exact) mass is 510 g/mol. The minimum atomic E-state index is -1.17. The fraction of sp³-hybridized carbons (Fsp3) is 0.367. The summed E-state index contributed by atoms with van der Waals surface area (Å²) in [6.07, 6.45) is 1.37. The summed E-state index contributed by atoms with van der Waals surface area (Å²) in [5.74, 6) is -1.09. The first kappa shape index (κ1) is 26.6. The van der Waals surface area contributed by atoms with E-state index in [0.717, 1.165) is 24.8 Å². The van der Waals surface area contributed by atoms with E-state index in [0.29, 0.717) is 33.8 Å².